The summed E-state index contributed by atoms with van der Waals surface area (Å²) in [5.74, 6) is -0.621. The molecule has 2 aromatic heterocycles. The topological polar surface area (TPSA) is 115 Å². The first kappa shape index (κ1) is 23.3. The molecule has 0 aliphatic heterocycles. The van der Waals surface area contributed by atoms with E-state index in [1.54, 1.807) is 10.8 Å². The Morgan fingerprint density at radius 3 is 2.65 bits per heavy atom. The Hall–Kier alpha value is -3.91. The van der Waals surface area contributed by atoms with E-state index < -0.39 is 5.91 Å². The molecule has 0 aliphatic rings. The molecule has 1 atom stereocenters. The molecule has 0 fully saturated rings. The average molecular weight is 460 g/mol. The van der Waals surface area contributed by atoms with Gasteiger partial charge in [0.2, 0.25) is 5.91 Å². The lowest BCUT2D eigenvalue weighted by atomic mass is 10.1. The number of aromatic nitrogens is 3. The third-order valence-electron chi connectivity index (χ3n) is 6.01. The average Bonchev–Trinajstić information content (AvgIpc) is 3.47. The molecule has 0 saturated heterocycles. The lowest BCUT2D eigenvalue weighted by Crippen LogP contribution is -2.15. The summed E-state index contributed by atoms with van der Waals surface area (Å²) in [7, 11) is 0. The molecular weight excluding hydrogens is 430 g/mol. The Morgan fingerprint density at radius 2 is 1.94 bits per heavy atom. The van der Waals surface area contributed by atoms with E-state index in [0.29, 0.717) is 25.8 Å². The number of primary amides is 1. The number of amides is 2. The molecule has 34 heavy (non-hydrogen) atoms. The summed E-state index contributed by atoms with van der Waals surface area (Å²) in [5, 5.41) is 13.9. The van der Waals surface area contributed by atoms with Gasteiger partial charge >= 0.3 is 0 Å². The van der Waals surface area contributed by atoms with Crippen molar-refractivity contribution in [2.75, 3.05) is 11.9 Å². The van der Waals surface area contributed by atoms with Gasteiger partial charge in [-0.15, -0.1) is 0 Å². The zero-order valence-corrected chi connectivity index (χ0v) is 19.1. The summed E-state index contributed by atoms with van der Waals surface area (Å²) in [4.78, 5) is 27.8. The highest BCUT2D eigenvalue weighted by Crippen LogP contribution is 2.23. The van der Waals surface area contributed by atoms with Gasteiger partial charge in [0.05, 0.1) is 24.5 Å². The molecule has 4 N–H and O–H groups in total. The van der Waals surface area contributed by atoms with Gasteiger partial charge in [-0.2, -0.15) is 0 Å². The number of nitrogens with one attached hydrogen (secondary N) is 1. The first-order valence-electron chi connectivity index (χ1n) is 11.3. The predicted molar refractivity (Wildman–Crippen MR) is 132 cm³/mol. The molecule has 176 valence electrons. The minimum absolute atomic E-state index is 0.0243. The van der Waals surface area contributed by atoms with E-state index in [9.17, 15) is 14.7 Å². The minimum atomic E-state index is -0.597. The number of fused-ring (bicyclic) bond motifs is 1. The molecule has 2 heterocycles. The van der Waals surface area contributed by atoms with E-state index >= 15 is 0 Å². The summed E-state index contributed by atoms with van der Waals surface area (Å²) in [5.41, 5.74) is 9.54. The monoisotopic (exact) mass is 459 g/mol. The molecule has 4 rings (SSSR count). The Labute approximate surface area is 198 Å². The van der Waals surface area contributed by atoms with Crippen LogP contribution in [0.25, 0.3) is 10.9 Å². The number of rotatable bonds is 10. The van der Waals surface area contributed by atoms with Crippen molar-refractivity contribution in [1.29, 1.82) is 0 Å². The van der Waals surface area contributed by atoms with Gasteiger partial charge in [-0.3, -0.25) is 9.59 Å². The van der Waals surface area contributed by atoms with Crippen LogP contribution in [0.3, 0.4) is 0 Å². The largest absolute Gasteiger partial charge is 0.394 e. The second-order valence-electron chi connectivity index (χ2n) is 8.51. The first-order valence-corrected chi connectivity index (χ1v) is 11.3. The SMILES string of the molecule is Cc1ccc(CCC(=O)Nc2ccc3ccn(CC[C@@H](CO)n4cnc(C(N)=O)c4)c3c2)cc1. The van der Waals surface area contributed by atoms with Crippen molar-refractivity contribution in [2.24, 2.45) is 5.73 Å². The van der Waals surface area contributed by atoms with Crippen LogP contribution in [-0.4, -0.2) is 37.6 Å². The molecule has 0 bridgehead atoms. The number of carbonyl (C=O) groups excluding carboxylic acids is 2. The van der Waals surface area contributed by atoms with E-state index in [-0.39, 0.29) is 24.2 Å². The van der Waals surface area contributed by atoms with E-state index in [0.717, 1.165) is 22.2 Å². The van der Waals surface area contributed by atoms with Crippen LogP contribution in [0, 0.1) is 6.92 Å². The lowest BCUT2D eigenvalue weighted by Gasteiger charge is -2.16. The Bertz CT molecular complexity index is 1290. The molecule has 0 unspecified atom stereocenters. The van der Waals surface area contributed by atoms with Crippen LogP contribution < -0.4 is 11.1 Å². The minimum Gasteiger partial charge on any atom is -0.394 e. The molecule has 8 nitrogen and oxygen atoms in total. The zero-order valence-electron chi connectivity index (χ0n) is 19.1. The number of nitrogens with zero attached hydrogens (tertiary/aromatic N) is 3. The molecular formula is C26H29N5O3. The lowest BCUT2D eigenvalue weighted by molar-refractivity contribution is -0.116. The van der Waals surface area contributed by atoms with Crippen molar-refractivity contribution < 1.29 is 14.7 Å². The third-order valence-corrected chi connectivity index (χ3v) is 6.01. The van der Waals surface area contributed by atoms with Crippen LogP contribution in [0.5, 0.6) is 0 Å². The van der Waals surface area contributed by atoms with E-state index in [4.69, 9.17) is 5.73 Å². The highest BCUT2D eigenvalue weighted by atomic mass is 16.3. The van der Waals surface area contributed by atoms with Gasteiger partial charge < -0.3 is 25.3 Å². The maximum Gasteiger partial charge on any atom is 0.268 e. The fourth-order valence-corrected chi connectivity index (χ4v) is 3.98. The number of aliphatic hydroxyl groups is 1. The normalized spacial score (nSPS) is 12.1. The Balaban J connectivity index is 1.39. The highest BCUT2D eigenvalue weighted by molar-refractivity contribution is 5.94. The molecule has 0 aliphatic carbocycles. The van der Waals surface area contributed by atoms with Crippen molar-refractivity contribution in [1.82, 2.24) is 14.1 Å². The van der Waals surface area contributed by atoms with Gasteiger partial charge in [0, 0.05) is 31.0 Å². The number of nitrogens with two attached hydrogens (primary N) is 1. The van der Waals surface area contributed by atoms with Gasteiger partial charge in [0.1, 0.15) is 5.69 Å². The van der Waals surface area contributed by atoms with Crippen molar-refractivity contribution in [3.05, 3.63) is 84.1 Å². The van der Waals surface area contributed by atoms with Gasteiger partial charge in [-0.25, -0.2) is 4.98 Å². The quantitative estimate of drug-likeness (QED) is 0.337. The summed E-state index contributed by atoms with van der Waals surface area (Å²) >= 11 is 0. The van der Waals surface area contributed by atoms with Gasteiger partial charge in [-0.05, 0) is 48.9 Å². The second kappa shape index (κ2) is 10.4. The Kier molecular flexibility index (Phi) is 7.08. The van der Waals surface area contributed by atoms with Crippen LogP contribution in [0.1, 0.15) is 40.5 Å². The van der Waals surface area contributed by atoms with E-state index in [1.807, 2.05) is 37.4 Å². The predicted octanol–water partition coefficient (Wildman–Crippen LogP) is 3.44. The standard InChI is InChI=1S/C26H29N5O3/c1-18-2-4-19(5-3-18)6-9-25(33)29-21-8-7-20-10-12-30(24(20)14-21)13-11-22(16-32)31-15-23(26(27)34)28-17-31/h2-5,7-8,10,12,14-15,17,22,32H,6,9,11,13,16H2,1H3,(H2,27,34)(H,29,33)/t22-/m0/s1. The van der Waals surface area contributed by atoms with Gasteiger partial charge in [-0.1, -0.05) is 35.9 Å². The number of carbonyl (C=O) groups is 2. The smallest absolute Gasteiger partial charge is 0.268 e. The van der Waals surface area contributed by atoms with Crippen molar-refractivity contribution >= 4 is 28.4 Å². The third kappa shape index (κ3) is 5.52. The highest BCUT2D eigenvalue weighted by Gasteiger charge is 2.14. The molecule has 0 saturated carbocycles. The number of aryl methyl sites for hydroxylation is 3. The maximum absolute atomic E-state index is 12.5. The number of benzene rings is 2. The number of imidazole rings is 1. The van der Waals surface area contributed by atoms with E-state index in [1.165, 1.54) is 11.9 Å². The number of hydrogen-bond donors (Lipinski definition) is 3. The number of anilines is 1. The zero-order chi connectivity index (χ0) is 24.1. The number of aliphatic hydroxyl groups excluding tert-OH is 1. The van der Waals surface area contributed by atoms with E-state index in [2.05, 4.69) is 39.1 Å². The first-order chi connectivity index (χ1) is 16.4. The van der Waals surface area contributed by atoms with Crippen LogP contribution in [-0.2, 0) is 17.8 Å². The summed E-state index contributed by atoms with van der Waals surface area (Å²) in [6, 6.07) is 15.9. The molecule has 8 heteroatoms. The van der Waals surface area contributed by atoms with Crippen LogP contribution in [0.4, 0.5) is 5.69 Å². The second-order valence-corrected chi connectivity index (χ2v) is 8.51. The van der Waals surface area contributed by atoms with Crippen molar-refractivity contribution in [3.63, 3.8) is 0 Å². The summed E-state index contributed by atoms with van der Waals surface area (Å²) in [6.07, 6.45) is 6.80. The van der Waals surface area contributed by atoms with Crippen molar-refractivity contribution in [3.8, 4) is 0 Å². The summed E-state index contributed by atoms with van der Waals surface area (Å²) < 4.78 is 3.80. The molecule has 4 aromatic rings. The fraction of sp³-hybridized carbons (Fsp3) is 0.269. The molecule has 2 amide bonds. The van der Waals surface area contributed by atoms with Crippen molar-refractivity contribution in [2.45, 2.75) is 38.8 Å². The van der Waals surface area contributed by atoms with Crippen LogP contribution in [0.15, 0.2) is 67.3 Å². The summed E-state index contributed by atoms with van der Waals surface area (Å²) in [6.45, 7) is 2.60. The number of hydrogen-bond acceptors (Lipinski definition) is 4. The van der Waals surface area contributed by atoms with Gasteiger partial charge in [0.25, 0.3) is 5.91 Å². The van der Waals surface area contributed by atoms with Gasteiger partial charge in [0.15, 0.2) is 0 Å². The van der Waals surface area contributed by atoms with Crippen LogP contribution in [0.2, 0.25) is 0 Å². The molecule has 0 spiro atoms. The molecule has 2 aromatic carbocycles. The molecule has 0 radical (unpaired) electrons. The Morgan fingerprint density at radius 1 is 1.15 bits per heavy atom. The fourth-order valence-electron chi connectivity index (χ4n) is 3.98. The maximum atomic E-state index is 12.5. The van der Waals surface area contributed by atoms with Crippen LogP contribution >= 0.6 is 0 Å².